The topological polar surface area (TPSA) is 72.3 Å². The van der Waals surface area contributed by atoms with Crippen molar-refractivity contribution in [2.75, 3.05) is 22.6 Å². The summed E-state index contributed by atoms with van der Waals surface area (Å²) in [5.41, 5.74) is 2.41. The van der Waals surface area contributed by atoms with E-state index in [4.69, 9.17) is 4.74 Å². The van der Waals surface area contributed by atoms with Crippen LogP contribution in [-0.4, -0.2) is 39.1 Å². The van der Waals surface area contributed by atoms with E-state index in [0.29, 0.717) is 18.2 Å². The predicted octanol–water partition coefficient (Wildman–Crippen LogP) is 5.67. The minimum absolute atomic E-state index is 0.0555. The van der Waals surface area contributed by atoms with Gasteiger partial charge in [-0.1, -0.05) is 48.2 Å². The Hall–Kier alpha value is -3.69. The summed E-state index contributed by atoms with van der Waals surface area (Å²) >= 11 is 1.37. The fraction of sp³-hybridized carbons (Fsp3) is 0.250. The first kappa shape index (κ1) is 25.0. The minimum atomic E-state index is -0.282. The van der Waals surface area contributed by atoms with E-state index in [1.54, 1.807) is 17.0 Å². The van der Waals surface area contributed by atoms with Crippen LogP contribution in [-0.2, 0) is 22.6 Å². The molecule has 1 fully saturated rings. The lowest BCUT2D eigenvalue weighted by Gasteiger charge is -2.23. The number of aromatic nitrogens is 3. The molecule has 1 atom stereocenters. The second-order valence-electron chi connectivity index (χ2n) is 8.69. The standard InChI is InChI=1S/C28H28FN5O2S/c29-21-13-15-22(16-14-21)30-18-26-31-32-28(33(26)19-25-12-7-17-36-25)37-20-27(35)34(23-8-3-1-4-9-23)24-10-5-2-6-11-24/h1-6,8-11,13-16,25,30H,7,12,17-20H2. The molecule has 1 aliphatic heterocycles. The van der Waals surface area contributed by atoms with E-state index < -0.39 is 0 Å². The van der Waals surface area contributed by atoms with Gasteiger partial charge in [-0.2, -0.15) is 0 Å². The summed E-state index contributed by atoms with van der Waals surface area (Å²) in [6.07, 6.45) is 2.09. The van der Waals surface area contributed by atoms with E-state index in [0.717, 1.165) is 42.3 Å². The first-order chi connectivity index (χ1) is 18.2. The van der Waals surface area contributed by atoms with Crippen molar-refractivity contribution in [2.24, 2.45) is 0 Å². The Morgan fingerprint density at radius 3 is 2.30 bits per heavy atom. The number of nitrogens with zero attached hydrogens (tertiary/aromatic N) is 4. The van der Waals surface area contributed by atoms with E-state index >= 15 is 0 Å². The van der Waals surface area contributed by atoms with Gasteiger partial charge in [0.1, 0.15) is 5.82 Å². The number of rotatable bonds is 10. The van der Waals surface area contributed by atoms with Crippen LogP contribution in [0.25, 0.3) is 0 Å². The van der Waals surface area contributed by atoms with Gasteiger partial charge >= 0.3 is 0 Å². The summed E-state index contributed by atoms with van der Waals surface area (Å²) in [6.45, 7) is 1.78. The molecule has 1 unspecified atom stereocenters. The molecule has 1 amide bonds. The number of halogens is 1. The maximum absolute atomic E-state index is 13.5. The molecular weight excluding hydrogens is 489 g/mol. The Bertz CT molecular complexity index is 1260. The van der Waals surface area contributed by atoms with E-state index in [1.165, 1.54) is 23.9 Å². The third kappa shape index (κ3) is 6.36. The lowest BCUT2D eigenvalue weighted by atomic mass is 10.2. The highest BCUT2D eigenvalue weighted by atomic mass is 32.2. The van der Waals surface area contributed by atoms with Gasteiger partial charge in [0.15, 0.2) is 11.0 Å². The number of para-hydroxylation sites is 2. The second kappa shape index (κ2) is 12.0. The van der Waals surface area contributed by atoms with Crippen molar-refractivity contribution < 1.29 is 13.9 Å². The number of anilines is 3. The molecule has 0 saturated carbocycles. The van der Waals surface area contributed by atoms with E-state index in [1.807, 2.05) is 65.2 Å². The average Bonchev–Trinajstić information content (AvgIpc) is 3.59. The van der Waals surface area contributed by atoms with Gasteiger partial charge in [-0.25, -0.2) is 4.39 Å². The van der Waals surface area contributed by atoms with E-state index in [-0.39, 0.29) is 23.6 Å². The van der Waals surface area contributed by atoms with Gasteiger partial charge in [0, 0.05) is 23.7 Å². The molecule has 1 aromatic heterocycles. The molecule has 0 spiro atoms. The van der Waals surface area contributed by atoms with Crippen molar-refractivity contribution in [1.29, 1.82) is 0 Å². The van der Waals surface area contributed by atoms with Crippen LogP contribution in [0.2, 0.25) is 0 Å². The van der Waals surface area contributed by atoms with Crippen molar-refractivity contribution in [1.82, 2.24) is 14.8 Å². The Kier molecular flexibility index (Phi) is 8.12. The van der Waals surface area contributed by atoms with Crippen molar-refractivity contribution in [2.45, 2.75) is 37.2 Å². The highest BCUT2D eigenvalue weighted by Gasteiger charge is 2.23. The Balaban J connectivity index is 1.33. The molecule has 1 N–H and O–H groups in total. The molecule has 190 valence electrons. The highest BCUT2D eigenvalue weighted by Crippen LogP contribution is 2.28. The number of carbonyl (C=O) groups excluding carboxylic acids is 1. The molecule has 9 heteroatoms. The normalized spacial score (nSPS) is 15.0. The summed E-state index contributed by atoms with van der Waals surface area (Å²) in [4.78, 5) is 15.2. The first-order valence-corrected chi connectivity index (χ1v) is 13.2. The molecule has 0 aliphatic carbocycles. The molecule has 5 rings (SSSR count). The van der Waals surface area contributed by atoms with Crippen LogP contribution in [0.3, 0.4) is 0 Å². The lowest BCUT2D eigenvalue weighted by Crippen LogP contribution is -2.28. The predicted molar refractivity (Wildman–Crippen MR) is 143 cm³/mol. The Morgan fingerprint density at radius 2 is 1.68 bits per heavy atom. The second-order valence-corrected chi connectivity index (χ2v) is 9.64. The molecular formula is C28H28FN5O2S. The smallest absolute Gasteiger partial charge is 0.242 e. The third-order valence-electron chi connectivity index (χ3n) is 6.10. The molecule has 1 aliphatic rings. The van der Waals surface area contributed by atoms with Gasteiger partial charge in [-0.05, 0) is 61.4 Å². The van der Waals surface area contributed by atoms with E-state index in [2.05, 4.69) is 15.5 Å². The Morgan fingerprint density at radius 1 is 1.00 bits per heavy atom. The van der Waals surface area contributed by atoms with Crippen LogP contribution in [0.5, 0.6) is 0 Å². The molecule has 0 bridgehead atoms. The molecule has 2 heterocycles. The van der Waals surface area contributed by atoms with Crippen LogP contribution >= 0.6 is 11.8 Å². The number of hydrogen-bond donors (Lipinski definition) is 1. The van der Waals surface area contributed by atoms with E-state index in [9.17, 15) is 9.18 Å². The Labute approximate surface area is 219 Å². The molecule has 3 aromatic carbocycles. The van der Waals surface area contributed by atoms with Crippen LogP contribution in [0.1, 0.15) is 18.7 Å². The molecule has 4 aromatic rings. The number of benzene rings is 3. The van der Waals surface area contributed by atoms with Gasteiger partial charge < -0.3 is 14.6 Å². The van der Waals surface area contributed by atoms with Crippen molar-refractivity contribution in [3.05, 3.63) is 96.6 Å². The average molecular weight is 518 g/mol. The van der Waals surface area contributed by atoms with Crippen molar-refractivity contribution in [3.8, 4) is 0 Å². The SMILES string of the molecule is O=C(CSc1nnc(CNc2ccc(F)cc2)n1CC1CCCO1)N(c1ccccc1)c1ccccc1. The summed E-state index contributed by atoms with van der Waals surface area (Å²) < 4.78 is 21.2. The highest BCUT2D eigenvalue weighted by molar-refractivity contribution is 7.99. The number of thioether (sulfide) groups is 1. The van der Waals surface area contributed by atoms with Gasteiger partial charge in [-0.15, -0.1) is 10.2 Å². The van der Waals surface area contributed by atoms with Crippen LogP contribution < -0.4 is 10.2 Å². The largest absolute Gasteiger partial charge is 0.378 e. The van der Waals surface area contributed by atoms with Crippen LogP contribution in [0.15, 0.2) is 90.1 Å². The third-order valence-corrected chi connectivity index (χ3v) is 7.05. The number of nitrogens with one attached hydrogen (secondary N) is 1. The maximum Gasteiger partial charge on any atom is 0.242 e. The fourth-order valence-corrected chi connectivity index (χ4v) is 5.08. The van der Waals surface area contributed by atoms with Crippen molar-refractivity contribution >= 4 is 34.7 Å². The molecule has 7 nitrogen and oxygen atoms in total. The van der Waals surface area contributed by atoms with Crippen molar-refractivity contribution in [3.63, 3.8) is 0 Å². The molecule has 37 heavy (non-hydrogen) atoms. The zero-order valence-corrected chi connectivity index (χ0v) is 21.1. The van der Waals surface area contributed by atoms with Crippen LogP contribution in [0, 0.1) is 5.82 Å². The quantitative estimate of drug-likeness (QED) is 0.274. The molecule has 0 radical (unpaired) electrons. The number of hydrogen-bond acceptors (Lipinski definition) is 6. The van der Waals surface area contributed by atoms with Crippen LogP contribution in [0.4, 0.5) is 21.5 Å². The number of carbonyl (C=O) groups is 1. The monoisotopic (exact) mass is 517 g/mol. The fourth-order valence-electron chi connectivity index (χ4n) is 4.26. The lowest BCUT2D eigenvalue weighted by molar-refractivity contribution is -0.115. The maximum atomic E-state index is 13.5. The van der Waals surface area contributed by atoms with Gasteiger partial charge in [-0.3, -0.25) is 9.69 Å². The first-order valence-electron chi connectivity index (χ1n) is 12.3. The molecule has 1 saturated heterocycles. The zero-order valence-electron chi connectivity index (χ0n) is 20.3. The summed E-state index contributed by atoms with van der Waals surface area (Å²) in [7, 11) is 0. The summed E-state index contributed by atoms with van der Waals surface area (Å²) in [6, 6.07) is 25.5. The van der Waals surface area contributed by atoms with Gasteiger partial charge in [0.05, 0.1) is 24.9 Å². The summed E-state index contributed by atoms with van der Waals surface area (Å²) in [5.74, 6) is 0.590. The number of amides is 1. The minimum Gasteiger partial charge on any atom is -0.378 e. The van der Waals surface area contributed by atoms with Gasteiger partial charge in [0.25, 0.3) is 0 Å². The summed E-state index contributed by atoms with van der Waals surface area (Å²) in [5, 5.41) is 12.8. The number of ether oxygens (including phenoxy) is 1. The zero-order chi connectivity index (χ0) is 25.5. The van der Waals surface area contributed by atoms with Gasteiger partial charge in [0.2, 0.25) is 5.91 Å².